The number of benzene rings is 1. The summed E-state index contributed by atoms with van der Waals surface area (Å²) in [4.78, 5) is 22.4. The Morgan fingerprint density at radius 2 is 1.77 bits per heavy atom. The molecule has 8 nitrogen and oxygen atoms in total. The lowest BCUT2D eigenvalue weighted by molar-refractivity contribution is 0.0507. The molecule has 164 valence electrons. The second-order valence-electron chi connectivity index (χ2n) is 8.14. The average molecular weight is 504 g/mol. The van der Waals surface area contributed by atoms with Gasteiger partial charge in [-0.05, 0) is 28.9 Å². The van der Waals surface area contributed by atoms with Crippen LogP contribution in [0.4, 0.5) is 0 Å². The average Bonchev–Trinajstić information content (AvgIpc) is 3.16. The smallest absolute Gasteiger partial charge is 0.361 e. The minimum atomic E-state index is -1.18. The number of nitrogens with zero attached hydrogens (tertiary/aromatic N) is 5. The molecule has 0 spiro atoms. The van der Waals surface area contributed by atoms with Crippen molar-refractivity contribution in [2.45, 2.75) is 39.3 Å². The molecule has 0 aliphatic rings. The third-order valence-electron chi connectivity index (χ3n) is 4.40. The summed E-state index contributed by atoms with van der Waals surface area (Å²) in [5.74, 6) is -0.506. The van der Waals surface area contributed by atoms with Gasteiger partial charge in [0.1, 0.15) is 10.3 Å². The maximum Gasteiger partial charge on any atom is 0.361 e. The molecule has 3 aromatic rings. The Balaban J connectivity index is 1.81. The molecule has 0 aliphatic heterocycles. The fourth-order valence-electron chi connectivity index (χ4n) is 2.72. The Morgan fingerprint density at radius 3 is 2.39 bits per heavy atom. The van der Waals surface area contributed by atoms with Gasteiger partial charge in [0.15, 0.2) is 12.4 Å². The van der Waals surface area contributed by atoms with E-state index in [-0.39, 0.29) is 19.0 Å². The van der Waals surface area contributed by atoms with Crippen LogP contribution in [0.15, 0.2) is 41.3 Å². The number of rotatable bonds is 9. The van der Waals surface area contributed by atoms with Gasteiger partial charge in [-0.25, -0.2) is 9.78 Å². The van der Waals surface area contributed by atoms with Crippen molar-refractivity contribution in [2.75, 3.05) is 13.2 Å². The van der Waals surface area contributed by atoms with Crippen LogP contribution in [0.1, 0.15) is 17.4 Å². The van der Waals surface area contributed by atoms with Gasteiger partial charge in [0.25, 0.3) is 0 Å². The first kappa shape index (κ1) is 23.2. The zero-order chi connectivity index (χ0) is 22.4. The first-order valence-corrected chi connectivity index (χ1v) is 14.5. The van der Waals surface area contributed by atoms with Crippen molar-refractivity contribution in [1.29, 1.82) is 0 Å². The van der Waals surface area contributed by atoms with Crippen molar-refractivity contribution in [3.05, 3.63) is 47.0 Å². The monoisotopic (exact) mass is 503 g/mol. The van der Waals surface area contributed by atoms with Crippen LogP contribution in [0.5, 0.6) is 0 Å². The Hall–Kier alpha value is -2.43. The van der Waals surface area contributed by atoms with Crippen LogP contribution in [0.2, 0.25) is 25.7 Å². The number of hydrogen-bond donors (Lipinski definition) is 0. The SMILES string of the molecule is CCOC(=O)c1nn(COCC[Si](C)(C)C)nc1-c1ccc(-c2cnc(Br)cn2)cc1. The maximum absolute atomic E-state index is 12.4. The van der Waals surface area contributed by atoms with Crippen molar-refractivity contribution < 1.29 is 14.3 Å². The van der Waals surface area contributed by atoms with Gasteiger partial charge in [-0.15, -0.1) is 5.10 Å². The second-order valence-corrected chi connectivity index (χ2v) is 14.6. The summed E-state index contributed by atoms with van der Waals surface area (Å²) in [6.07, 6.45) is 3.34. The van der Waals surface area contributed by atoms with Crippen molar-refractivity contribution in [1.82, 2.24) is 25.0 Å². The lowest BCUT2D eigenvalue weighted by atomic mass is 10.1. The Labute approximate surface area is 191 Å². The molecule has 10 heteroatoms. The van der Waals surface area contributed by atoms with E-state index in [9.17, 15) is 4.79 Å². The van der Waals surface area contributed by atoms with Crippen molar-refractivity contribution >= 4 is 30.0 Å². The molecule has 0 saturated carbocycles. The highest BCUT2D eigenvalue weighted by Gasteiger charge is 2.21. The van der Waals surface area contributed by atoms with E-state index in [4.69, 9.17) is 9.47 Å². The Bertz CT molecular complexity index is 1020. The first-order valence-electron chi connectivity index (χ1n) is 10.0. The molecule has 0 N–H and O–H groups in total. The first-order chi connectivity index (χ1) is 14.8. The van der Waals surface area contributed by atoms with Gasteiger partial charge in [-0.1, -0.05) is 43.9 Å². The predicted octanol–water partition coefficient (Wildman–Crippen LogP) is 4.65. The molecule has 2 heterocycles. The van der Waals surface area contributed by atoms with E-state index in [1.807, 2.05) is 24.3 Å². The normalized spacial score (nSPS) is 11.5. The van der Waals surface area contributed by atoms with E-state index in [1.54, 1.807) is 19.3 Å². The van der Waals surface area contributed by atoms with E-state index < -0.39 is 14.0 Å². The molecule has 3 rings (SSSR count). The third kappa shape index (κ3) is 6.52. The van der Waals surface area contributed by atoms with Gasteiger partial charge < -0.3 is 9.47 Å². The van der Waals surface area contributed by atoms with Crippen molar-refractivity contribution in [3.8, 4) is 22.5 Å². The maximum atomic E-state index is 12.4. The largest absolute Gasteiger partial charge is 0.461 e. The molecular formula is C21H26BrN5O3Si. The summed E-state index contributed by atoms with van der Waals surface area (Å²) < 4.78 is 11.6. The standard InChI is InChI=1S/C21H26BrN5O3Si/c1-5-30-21(28)20-19(25-27(26-20)14-29-10-11-31(2,3)4)16-8-6-15(7-9-16)17-12-24-18(22)13-23-17/h6-9,12-13H,5,10-11,14H2,1-4H3. The number of carbonyl (C=O) groups is 1. The highest BCUT2D eigenvalue weighted by Crippen LogP contribution is 2.25. The molecule has 1 aromatic carbocycles. The lowest BCUT2D eigenvalue weighted by Crippen LogP contribution is -2.22. The molecule has 0 amide bonds. The van der Waals surface area contributed by atoms with Crippen LogP contribution in [-0.4, -0.2) is 52.2 Å². The fourth-order valence-corrected chi connectivity index (χ4v) is 3.68. The van der Waals surface area contributed by atoms with Gasteiger partial charge in [-0.2, -0.15) is 9.90 Å². The Kier molecular flexibility index (Phi) is 7.68. The molecule has 31 heavy (non-hydrogen) atoms. The summed E-state index contributed by atoms with van der Waals surface area (Å²) in [6, 6.07) is 8.62. The van der Waals surface area contributed by atoms with Gasteiger partial charge in [0.2, 0.25) is 0 Å². The molecule has 2 aromatic heterocycles. The van der Waals surface area contributed by atoms with Crippen LogP contribution in [0, 0.1) is 0 Å². The summed E-state index contributed by atoms with van der Waals surface area (Å²) >= 11 is 3.29. The summed E-state index contributed by atoms with van der Waals surface area (Å²) in [7, 11) is -1.18. The molecule has 0 bridgehead atoms. The molecule has 0 aliphatic carbocycles. The molecular weight excluding hydrogens is 478 g/mol. The van der Waals surface area contributed by atoms with E-state index in [0.29, 0.717) is 16.9 Å². The van der Waals surface area contributed by atoms with Gasteiger partial charge in [-0.3, -0.25) is 4.98 Å². The summed E-state index contributed by atoms with van der Waals surface area (Å²) in [6.45, 7) is 9.73. The van der Waals surface area contributed by atoms with E-state index in [0.717, 1.165) is 22.9 Å². The van der Waals surface area contributed by atoms with Crippen LogP contribution < -0.4 is 0 Å². The minimum absolute atomic E-state index is 0.173. The molecule has 0 radical (unpaired) electrons. The number of ether oxygens (including phenoxy) is 2. The highest BCUT2D eigenvalue weighted by atomic mass is 79.9. The van der Waals surface area contributed by atoms with Crippen LogP contribution in [0.3, 0.4) is 0 Å². The molecule has 0 unspecified atom stereocenters. The number of aromatic nitrogens is 5. The van der Waals surface area contributed by atoms with Gasteiger partial charge >= 0.3 is 5.97 Å². The zero-order valence-electron chi connectivity index (χ0n) is 18.1. The quantitative estimate of drug-likeness (QED) is 0.238. The number of halogens is 1. The van der Waals surface area contributed by atoms with Crippen LogP contribution in [-0.2, 0) is 16.2 Å². The number of esters is 1. The topological polar surface area (TPSA) is 92.0 Å². The second kappa shape index (κ2) is 10.3. The van der Waals surface area contributed by atoms with Gasteiger partial charge in [0, 0.05) is 25.8 Å². The fraction of sp³-hybridized carbons (Fsp3) is 0.381. The molecule has 0 saturated heterocycles. The zero-order valence-corrected chi connectivity index (χ0v) is 20.7. The molecule has 0 fully saturated rings. The van der Waals surface area contributed by atoms with Crippen molar-refractivity contribution in [2.24, 2.45) is 0 Å². The predicted molar refractivity (Wildman–Crippen MR) is 124 cm³/mol. The number of carbonyl (C=O) groups excluding carboxylic acids is 1. The third-order valence-corrected chi connectivity index (χ3v) is 6.52. The van der Waals surface area contributed by atoms with Gasteiger partial charge in [0.05, 0.1) is 24.7 Å². The summed E-state index contributed by atoms with van der Waals surface area (Å²) in [5.41, 5.74) is 3.04. The minimum Gasteiger partial charge on any atom is -0.461 e. The molecule has 0 atom stereocenters. The number of hydrogen-bond acceptors (Lipinski definition) is 7. The Morgan fingerprint density at radius 1 is 1.06 bits per heavy atom. The van der Waals surface area contributed by atoms with E-state index in [1.165, 1.54) is 4.80 Å². The van der Waals surface area contributed by atoms with Crippen LogP contribution in [0.25, 0.3) is 22.5 Å². The summed E-state index contributed by atoms with van der Waals surface area (Å²) in [5, 5.41) is 8.81. The van der Waals surface area contributed by atoms with E-state index in [2.05, 4.69) is 55.7 Å². The lowest BCUT2D eigenvalue weighted by Gasteiger charge is -2.14. The highest BCUT2D eigenvalue weighted by molar-refractivity contribution is 9.10. The van der Waals surface area contributed by atoms with Crippen molar-refractivity contribution in [3.63, 3.8) is 0 Å². The van der Waals surface area contributed by atoms with E-state index >= 15 is 0 Å². The van der Waals surface area contributed by atoms with Crippen LogP contribution >= 0.6 is 15.9 Å².